The van der Waals surface area contributed by atoms with Gasteiger partial charge >= 0.3 is 0 Å². The van der Waals surface area contributed by atoms with Crippen LogP contribution in [0.2, 0.25) is 0 Å². The topological polar surface area (TPSA) is 12.9 Å². The van der Waals surface area contributed by atoms with Crippen LogP contribution in [0.3, 0.4) is 0 Å². The molecule has 2 aliphatic carbocycles. The third-order valence-electron chi connectivity index (χ3n) is 2.88. The number of nitrogens with zero attached hydrogens (tertiary/aromatic N) is 1. The van der Waals surface area contributed by atoms with Crippen LogP contribution < -0.4 is 0 Å². The SMILES string of the molecule is c1ncc(C2CC2)cc1C1CC1. The Morgan fingerprint density at radius 3 is 1.83 bits per heavy atom. The quantitative estimate of drug-likeness (QED) is 0.646. The standard InChI is InChI=1S/C11H13N/c1-2-8(1)10-5-11(7-12-6-10)9-3-4-9/h5-9H,1-4H2. The van der Waals surface area contributed by atoms with Crippen molar-refractivity contribution in [3.8, 4) is 0 Å². The van der Waals surface area contributed by atoms with Gasteiger partial charge in [-0.05, 0) is 48.6 Å². The first kappa shape index (κ1) is 6.64. The minimum absolute atomic E-state index is 0.858. The molecular weight excluding hydrogens is 146 g/mol. The fraction of sp³-hybridized carbons (Fsp3) is 0.545. The molecule has 2 saturated carbocycles. The lowest BCUT2D eigenvalue weighted by atomic mass is 10.1. The van der Waals surface area contributed by atoms with Crippen molar-refractivity contribution in [2.75, 3.05) is 0 Å². The summed E-state index contributed by atoms with van der Waals surface area (Å²) in [4.78, 5) is 4.31. The van der Waals surface area contributed by atoms with Gasteiger partial charge in [-0.25, -0.2) is 0 Å². The summed E-state index contributed by atoms with van der Waals surface area (Å²) in [6.45, 7) is 0. The Balaban J connectivity index is 1.93. The van der Waals surface area contributed by atoms with Crippen molar-refractivity contribution in [3.05, 3.63) is 29.6 Å². The van der Waals surface area contributed by atoms with E-state index in [4.69, 9.17) is 0 Å². The number of rotatable bonds is 2. The first-order chi connectivity index (χ1) is 5.93. The van der Waals surface area contributed by atoms with E-state index >= 15 is 0 Å². The second-order valence-electron chi connectivity index (χ2n) is 4.10. The van der Waals surface area contributed by atoms with Crippen LogP contribution in [0.5, 0.6) is 0 Å². The van der Waals surface area contributed by atoms with E-state index in [1.54, 1.807) is 0 Å². The van der Waals surface area contributed by atoms with Crippen molar-refractivity contribution in [2.45, 2.75) is 37.5 Å². The Morgan fingerprint density at radius 1 is 0.917 bits per heavy atom. The van der Waals surface area contributed by atoms with Gasteiger partial charge in [0.2, 0.25) is 0 Å². The Morgan fingerprint density at radius 2 is 1.42 bits per heavy atom. The maximum absolute atomic E-state index is 4.31. The molecule has 1 aromatic rings. The van der Waals surface area contributed by atoms with Gasteiger partial charge in [0.05, 0.1) is 0 Å². The maximum Gasteiger partial charge on any atom is 0.0302 e. The highest BCUT2D eigenvalue weighted by Gasteiger charge is 2.27. The molecule has 0 amide bonds. The molecule has 0 atom stereocenters. The lowest BCUT2D eigenvalue weighted by molar-refractivity contribution is 1.03. The molecule has 0 bridgehead atoms. The second kappa shape index (κ2) is 2.32. The van der Waals surface area contributed by atoms with Gasteiger partial charge in [-0.15, -0.1) is 0 Å². The normalized spacial score (nSPS) is 22.7. The van der Waals surface area contributed by atoms with E-state index in [1.807, 2.05) is 12.4 Å². The molecule has 1 heteroatoms. The van der Waals surface area contributed by atoms with E-state index in [0.717, 1.165) is 11.8 Å². The predicted octanol–water partition coefficient (Wildman–Crippen LogP) is 2.84. The number of pyridine rings is 1. The zero-order valence-electron chi connectivity index (χ0n) is 7.16. The van der Waals surface area contributed by atoms with Gasteiger partial charge in [0, 0.05) is 12.4 Å². The Kier molecular flexibility index (Phi) is 1.28. The Bertz CT molecular complexity index is 270. The summed E-state index contributed by atoms with van der Waals surface area (Å²) < 4.78 is 0. The third kappa shape index (κ3) is 1.13. The van der Waals surface area contributed by atoms with Gasteiger partial charge in [-0.2, -0.15) is 0 Å². The highest BCUT2D eigenvalue weighted by atomic mass is 14.6. The summed E-state index contributed by atoms with van der Waals surface area (Å²) in [5.41, 5.74) is 2.97. The lowest BCUT2D eigenvalue weighted by Gasteiger charge is -2.00. The molecule has 0 radical (unpaired) electrons. The largest absolute Gasteiger partial charge is 0.264 e. The van der Waals surface area contributed by atoms with Crippen LogP contribution in [0.15, 0.2) is 18.5 Å². The van der Waals surface area contributed by atoms with E-state index in [9.17, 15) is 0 Å². The monoisotopic (exact) mass is 159 g/mol. The molecule has 12 heavy (non-hydrogen) atoms. The van der Waals surface area contributed by atoms with E-state index < -0.39 is 0 Å². The van der Waals surface area contributed by atoms with Crippen molar-refractivity contribution in [2.24, 2.45) is 0 Å². The number of hydrogen-bond acceptors (Lipinski definition) is 1. The maximum atomic E-state index is 4.31. The molecule has 2 aliphatic rings. The molecule has 2 fully saturated rings. The average molecular weight is 159 g/mol. The van der Waals surface area contributed by atoms with Crippen LogP contribution in [-0.2, 0) is 0 Å². The van der Waals surface area contributed by atoms with Crippen LogP contribution in [-0.4, -0.2) is 4.98 Å². The lowest BCUT2D eigenvalue weighted by Crippen LogP contribution is -1.86. The molecule has 0 N–H and O–H groups in total. The Hall–Kier alpha value is -0.850. The highest BCUT2D eigenvalue weighted by molar-refractivity contribution is 5.29. The molecule has 62 valence electrons. The van der Waals surface area contributed by atoms with Crippen molar-refractivity contribution in [1.29, 1.82) is 0 Å². The van der Waals surface area contributed by atoms with Crippen LogP contribution in [0.4, 0.5) is 0 Å². The van der Waals surface area contributed by atoms with Crippen LogP contribution in [0.1, 0.15) is 48.6 Å². The van der Waals surface area contributed by atoms with Gasteiger partial charge < -0.3 is 0 Å². The molecule has 0 aromatic carbocycles. The van der Waals surface area contributed by atoms with Crippen molar-refractivity contribution in [3.63, 3.8) is 0 Å². The Labute approximate surface area is 72.8 Å². The van der Waals surface area contributed by atoms with Crippen molar-refractivity contribution in [1.82, 2.24) is 4.98 Å². The number of aromatic nitrogens is 1. The van der Waals surface area contributed by atoms with Crippen LogP contribution >= 0.6 is 0 Å². The average Bonchev–Trinajstić information content (AvgIpc) is 2.98. The molecule has 0 saturated heterocycles. The molecular formula is C11H13N. The van der Waals surface area contributed by atoms with Gasteiger partial charge in [0.15, 0.2) is 0 Å². The zero-order chi connectivity index (χ0) is 7.97. The summed E-state index contributed by atoms with van der Waals surface area (Å²) >= 11 is 0. The second-order valence-corrected chi connectivity index (χ2v) is 4.10. The minimum Gasteiger partial charge on any atom is -0.264 e. The summed E-state index contributed by atoms with van der Waals surface area (Å²) in [6, 6.07) is 2.38. The van der Waals surface area contributed by atoms with E-state index in [0.29, 0.717) is 0 Å². The van der Waals surface area contributed by atoms with E-state index in [-0.39, 0.29) is 0 Å². The predicted molar refractivity (Wildman–Crippen MR) is 48.2 cm³/mol. The molecule has 0 spiro atoms. The molecule has 1 aromatic heterocycles. The van der Waals surface area contributed by atoms with Crippen molar-refractivity contribution >= 4 is 0 Å². The first-order valence-electron chi connectivity index (χ1n) is 4.88. The fourth-order valence-electron chi connectivity index (χ4n) is 1.76. The van der Waals surface area contributed by atoms with Crippen LogP contribution in [0, 0.1) is 0 Å². The summed E-state index contributed by atoms with van der Waals surface area (Å²) in [7, 11) is 0. The van der Waals surface area contributed by atoms with Crippen LogP contribution in [0.25, 0.3) is 0 Å². The minimum atomic E-state index is 0.858. The summed E-state index contributed by atoms with van der Waals surface area (Å²) in [5, 5.41) is 0. The molecule has 0 unspecified atom stereocenters. The third-order valence-corrected chi connectivity index (χ3v) is 2.88. The van der Waals surface area contributed by atoms with Gasteiger partial charge in [0.25, 0.3) is 0 Å². The van der Waals surface area contributed by atoms with Gasteiger partial charge in [-0.3, -0.25) is 4.98 Å². The smallest absolute Gasteiger partial charge is 0.0302 e. The van der Waals surface area contributed by atoms with E-state index in [1.165, 1.54) is 36.8 Å². The first-order valence-corrected chi connectivity index (χ1v) is 4.88. The van der Waals surface area contributed by atoms with Crippen molar-refractivity contribution < 1.29 is 0 Å². The molecule has 3 rings (SSSR count). The van der Waals surface area contributed by atoms with E-state index in [2.05, 4.69) is 11.1 Å². The fourth-order valence-corrected chi connectivity index (χ4v) is 1.76. The molecule has 1 heterocycles. The molecule has 0 aliphatic heterocycles. The summed E-state index contributed by atoms with van der Waals surface area (Å²) in [6.07, 6.45) is 9.63. The highest BCUT2D eigenvalue weighted by Crippen LogP contribution is 2.44. The summed E-state index contributed by atoms with van der Waals surface area (Å²) in [5.74, 6) is 1.72. The molecule has 1 nitrogen and oxygen atoms in total. The van der Waals surface area contributed by atoms with Gasteiger partial charge in [-0.1, -0.05) is 6.07 Å². The zero-order valence-corrected chi connectivity index (χ0v) is 7.16. The van der Waals surface area contributed by atoms with Gasteiger partial charge in [0.1, 0.15) is 0 Å². The number of hydrogen-bond donors (Lipinski definition) is 0.